The summed E-state index contributed by atoms with van der Waals surface area (Å²) in [6.07, 6.45) is 11.2. The zero-order valence-electron chi connectivity index (χ0n) is 40.6. The number of hydrogen-bond donors (Lipinski definition) is 3. The van der Waals surface area contributed by atoms with Gasteiger partial charge in [-0.1, -0.05) is 71.1 Å². The Balaban J connectivity index is 1.70. The van der Waals surface area contributed by atoms with Gasteiger partial charge in [-0.25, -0.2) is 4.79 Å². The number of carbonyl (C=O) groups is 5. The third-order valence-corrected chi connectivity index (χ3v) is 14.5. The van der Waals surface area contributed by atoms with Gasteiger partial charge in [-0.2, -0.15) is 0 Å². The van der Waals surface area contributed by atoms with Gasteiger partial charge in [0.2, 0.25) is 5.79 Å². The van der Waals surface area contributed by atoms with E-state index in [0.717, 1.165) is 12.0 Å². The van der Waals surface area contributed by atoms with Crippen LogP contribution in [0.2, 0.25) is 0 Å². The van der Waals surface area contributed by atoms with Crippen molar-refractivity contribution < 1.29 is 63.0 Å². The lowest BCUT2D eigenvalue weighted by Gasteiger charge is -2.42. The number of piperidine rings is 1. The fraction of sp³-hybridized carbons (Fsp3) is 0.745. The molecule has 0 aromatic heterocycles. The second-order valence-corrected chi connectivity index (χ2v) is 19.6. The minimum Gasteiger partial charge on any atom is -0.460 e. The molecule has 1 saturated carbocycles. The van der Waals surface area contributed by atoms with Crippen LogP contribution in [0.15, 0.2) is 47.6 Å². The number of ketones is 3. The number of rotatable bonds is 6. The van der Waals surface area contributed by atoms with Crippen LogP contribution >= 0.6 is 0 Å². The molecule has 366 valence electrons. The zero-order valence-corrected chi connectivity index (χ0v) is 40.6. The van der Waals surface area contributed by atoms with E-state index in [-0.39, 0.29) is 54.8 Å². The van der Waals surface area contributed by atoms with Gasteiger partial charge >= 0.3 is 5.97 Å². The number of esters is 1. The van der Waals surface area contributed by atoms with Gasteiger partial charge in [0.15, 0.2) is 11.6 Å². The minimum atomic E-state index is -2.43. The summed E-state index contributed by atoms with van der Waals surface area (Å²) in [4.78, 5) is 71.7. The molecule has 14 nitrogen and oxygen atoms in total. The molecule has 3 aliphatic heterocycles. The van der Waals surface area contributed by atoms with Crippen LogP contribution in [-0.4, -0.2) is 132 Å². The molecule has 2 bridgehead atoms. The number of carbonyl (C=O) groups excluding carboxylic acids is 5. The molecular weight excluding hydrogens is 835 g/mol. The molecule has 4 rings (SSSR count). The van der Waals surface area contributed by atoms with Gasteiger partial charge in [-0.15, -0.1) is 0 Å². The maximum atomic E-state index is 14.4. The van der Waals surface area contributed by atoms with Crippen LogP contribution in [0.3, 0.4) is 0 Å². The van der Waals surface area contributed by atoms with Crippen LogP contribution in [0.1, 0.15) is 126 Å². The lowest BCUT2D eigenvalue weighted by Crippen LogP contribution is -2.61. The van der Waals surface area contributed by atoms with Gasteiger partial charge in [0.05, 0.1) is 30.5 Å². The second-order valence-electron chi connectivity index (χ2n) is 19.6. The summed E-state index contributed by atoms with van der Waals surface area (Å²) in [6, 6.07) is -1.14. The lowest BCUT2D eigenvalue weighted by atomic mass is 9.78. The van der Waals surface area contributed by atoms with Crippen molar-refractivity contribution in [3.05, 3.63) is 47.6 Å². The fourth-order valence-electron chi connectivity index (χ4n) is 10.1. The Morgan fingerprint density at radius 1 is 0.862 bits per heavy atom. The van der Waals surface area contributed by atoms with Gasteiger partial charge in [0, 0.05) is 58.5 Å². The molecule has 2 saturated heterocycles. The molecule has 0 spiro atoms. The van der Waals surface area contributed by atoms with Crippen molar-refractivity contribution in [3.8, 4) is 0 Å². The molecule has 65 heavy (non-hydrogen) atoms. The number of fused-ring (bicyclic) bond motifs is 3. The monoisotopic (exact) mass is 914 g/mol. The molecule has 4 unspecified atom stereocenters. The zero-order chi connectivity index (χ0) is 48.2. The summed E-state index contributed by atoms with van der Waals surface area (Å²) in [6.45, 7) is 12.7. The van der Waals surface area contributed by atoms with E-state index in [1.807, 2.05) is 58.1 Å². The Bertz CT molecular complexity index is 1760. The number of amides is 1. The highest BCUT2D eigenvalue weighted by molar-refractivity contribution is 6.39. The van der Waals surface area contributed by atoms with Gasteiger partial charge in [0.25, 0.3) is 11.7 Å². The highest BCUT2D eigenvalue weighted by atomic mass is 16.6. The molecule has 1 amide bonds. The predicted octanol–water partition coefficient (Wildman–Crippen LogP) is 6.18. The van der Waals surface area contributed by atoms with E-state index in [2.05, 4.69) is 0 Å². The number of ether oxygens (including phenoxy) is 5. The largest absolute Gasteiger partial charge is 0.460 e. The Hall–Kier alpha value is -3.37. The second kappa shape index (κ2) is 25.1. The summed E-state index contributed by atoms with van der Waals surface area (Å²) >= 11 is 0. The van der Waals surface area contributed by atoms with Crippen molar-refractivity contribution in [2.24, 2.45) is 35.5 Å². The quantitative estimate of drug-likeness (QED) is 0.202. The van der Waals surface area contributed by atoms with Crippen LogP contribution in [0.4, 0.5) is 0 Å². The maximum Gasteiger partial charge on any atom is 0.329 e. The smallest absolute Gasteiger partial charge is 0.329 e. The molecule has 14 heteroatoms. The molecule has 3 heterocycles. The molecular formula is C51H79NO13. The van der Waals surface area contributed by atoms with Crippen LogP contribution in [0.25, 0.3) is 0 Å². The Morgan fingerprint density at radius 3 is 2.26 bits per heavy atom. The van der Waals surface area contributed by atoms with E-state index in [1.54, 1.807) is 41.1 Å². The number of Topliss-reactive ketones (excluding diaryl/α,β-unsaturated/α-hetero) is 3. The van der Waals surface area contributed by atoms with Gasteiger partial charge in [0.1, 0.15) is 18.2 Å². The standard InChI is InChI=1S/C51H79NO13/c1-30-16-12-11-13-17-31(2)42(61-8)28-38-21-19-36(7)51(60,65-38)48(57)49(58)52-23-15-14-18-39(52)50(59)64-43(33(4)26-37-20-22-40(53)44(27-37)62-9)29-41(54)32(3)25-35(6)46(56)47(63-10)45(55)34(5)24-30/h11-13,16-17,25,30,33-40,42-44,46-47,53,56,60H,14-15,18-24,26-29H2,1-10H3/t30-,33-,34?,35?,36-,37+,38+,39+,40-,42+,43+,44-,46-,47?,51?/m1/s1. The van der Waals surface area contributed by atoms with Crippen molar-refractivity contribution in [2.45, 2.75) is 180 Å². The average molecular weight is 914 g/mol. The molecule has 0 radical (unpaired) electrons. The first-order valence-corrected chi connectivity index (χ1v) is 23.9. The van der Waals surface area contributed by atoms with Crippen LogP contribution in [0.5, 0.6) is 0 Å². The normalized spacial score (nSPS) is 37.8. The molecule has 3 fully saturated rings. The van der Waals surface area contributed by atoms with E-state index < -0.39 is 83.9 Å². The summed E-state index contributed by atoms with van der Waals surface area (Å²) in [5.41, 5.74) is 1.19. The first-order valence-electron chi connectivity index (χ1n) is 23.9. The Labute approximate surface area is 387 Å². The van der Waals surface area contributed by atoms with Gasteiger partial charge in [-0.3, -0.25) is 19.2 Å². The van der Waals surface area contributed by atoms with E-state index in [0.29, 0.717) is 63.4 Å². The number of methoxy groups -OCH3 is 3. The van der Waals surface area contributed by atoms with E-state index in [1.165, 1.54) is 12.0 Å². The third-order valence-electron chi connectivity index (χ3n) is 14.5. The summed E-state index contributed by atoms with van der Waals surface area (Å²) in [7, 11) is 4.53. The Morgan fingerprint density at radius 2 is 1.58 bits per heavy atom. The van der Waals surface area contributed by atoms with Crippen LogP contribution < -0.4 is 0 Å². The SMILES string of the molecule is COC1C(=O)C(C)C[C@H](C)C=CC=CC=C(C)[C@@H](OC)C[C@@H]2CC[C@@H](C)C(O)(O2)C(=O)C(=O)N2CCCC[C@H]2C(=O)O[C@H]([C@H](C)C[C@@H]2CC[C@@H](O)[C@H](OC)C2)CC(=O)C(C)=CC(C)[C@H]1O. The highest BCUT2D eigenvalue weighted by Crippen LogP contribution is 2.38. The van der Waals surface area contributed by atoms with Crippen molar-refractivity contribution in [1.82, 2.24) is 4.90 Å². The van der Waals surface area contributed by atoms with Crippen molar-refractivity contribution in [2.75, 3.05) is 27.9 Å². The summed E-state index contributed by atoms with van der Waals surface area (Å²) in [5, 5.41) is 33.9. The maximum absolute atomic E-state index is 14.4. The number of hydrogen-bond acceptors (Lipinski definition) is 13. The van der Waals surface area contributed by atoms with E-state index in [4.69, 9.17) is 23.7 Å². The first-order chi connectivity index (χ1) is 30.7. The van der Waals surface area contributed by atoms with E-state index in [9.17, 15) is 39.3 Å². The van der Waals surface area contributed by atoms with Gasteiger partial charge < -0.3 is 43.9 Å². The molecule has 3 N–H and O–H groups in total. The highest BCUT2D eigenvalue weighted by Gasteiger charge is 2.53. The summed E-state index contributed by atoms with van der Waals surface area (Å²) < 4.78 is 29.4. The van der Waals surface area contributed by atoms with Crippen molar-refractivity contribution in [1.29, 1.82) is 0 Å². The molecule has 15 atom stereocenters. The van der Waals surface area contributed by atoms with Crippen LogP contribution in [0, 0.1) is 35.5 Å². The number of allylic oxidation sites excluding steroid dienone is 6. The minimum absolute atomic E-state index is 0.0220. The van der Waals surface area contributed by atoms with Crippen molar-refractivity contribution in [3.63, 3.8) is 0 Å². The summed E-state index contributed by atoms with van der Waals surface area (Å²) in [5.74, 6) is -7.93. The fourth-order valence-corrected chi connectivity index (χ4v) is 10.1. The number of cyclic esters (lactones) is 1. The Kier molecular flexibility index (Phi) is 21.0. The van der Waals surface area contributed by atoms with E-state index >= 15 is 0 Å². The predicted molar refractivity (Wildman–Crippen MR) is 245 cm³/mol. The lowest BCUT2D eigenvalue weighted by molar-refractivity contribution is -0.265. The number of aliphatic hydroxyl groups is 3. The number of nitrogens with zero attached hydrogens (tertiary/aromatic N) is 1. The van der Waals surface area contributed by atoms with Gasteiger partial charge in [-0.05, 0) is 107 Å². The number of aliphatic hydroxyl groups excluding tert-OH is 2. The van der Waals surface area contributed by atoms with Crippen molar-refractivity contribution >= 4 is 29.2 Å². The third kappa shape index (κ3) is 14.3. The average Bonchev–Trinajstić information content (AvgIpc) is 3.28. The first kappa shape index (κ1) is 54.2. The molecule has 0 aromatic carbocycles. The topological polar surface area (TPSA) is 195 Å². The molecule has 0 aromatic rings. The van der Waals surface area contributed by atoms with Crippen LogP contribution in [-0.2, 0) is 47.7 Å². The molecule has 1 aliphatic carbocycles. The molecule has 4 aliphatic rings.